The molecule has 0 spiro atoms. The average molecular weight is 349 g/mol. The molecular weight excluding hydrogens is 321 g/mol. The number of nitrogens with zero attached hydrogens (tertiary/aromatic N) is 2. The van der Waals surface area contributed by atoms with E-state index in [1.807, 2.05) is 11.8 Å². The molecule has 1 aromatic rings. The van der Waals surface area contributed by atoms with Gasteiger partial charge in [0.25, 0.3) is 0 Å². The molecule has 0 radical (unpaired) electrons. The highest BCUT2D eigenvalue weighted by Crippen LogP contribution is 2.23. The van der Waals surface area contributed by atoms with Crippen LogP contribution in [0.3, 0.4) is 0 Å². The van der Waals surface area contributed by atoms with Gasteiger partial charge >= 0.3 is 6.09 Å². The predicted molar refractivity (Wildman–Crippen MR) is 96.2 cm³/mol. The van der Waals surface area contributed by atoms with Crippen LogP contribution in [0.2, 0.25) is 0 Å². The Hall–Kier alpha value is -1.82. The van der Waals surface area contributed by atoms with Gasteiger partial charge in [-0.3, -0.25) is 4.90 Å². The number of benzene rings is 1. The maximum atomic E-state index is 13.0. The molecule has 0 bridgehead atoms. The molecular formula is C19H28FN3O2. The minimum absolute atomic E-state index is 0.185. The summed E-state index contributed by atoms with van der Waals surface area (Å²) in [6.45, 7) is 5.94. The van der Waals surface area contributed by atoms with Gasteiger partial charge in [0, 0.05) is 37.4 Å². The van der Waals surface area contributed by atoms with Crippen molar-refractivity contribution in [3.63, 3.8) is 0 Å². The molecule has 1 atom stereocenters. The van der Waals surface area contributed by atoms with Crippen molar-refractivity contribution < 1.29 is 13.9 Å². The Morgan fingerprint density at radius 3 is 2.60 bits per heavy atom. The monoisotopic (exact) mass is 349 g/mol. The smallest absolute Gasteiger partial charge is 0.409 e. The van der Waals surface area contributed by atoms with Gasteiger partial charge in [0.2, 0.25) is 0 Å². The Bertz CT molecular complexity index is 558. The predicted octanol–water partition coefficient (Wildman–Crippen LogP) is 3.32. The second kappa shape index (κ2) is 8.52. The summed E-state index contributed by atoms with van der Waals surface area (Å²) >= 11 is 0. The van der Waals surface area contributed by atoms with Gasteiger partial charge in [-0.2, -0.15) is 0 Å². The van der Waals surface area contributed by atoms with Gasteiger partial charge < -0.3 is 15.0 Å². The zero-order valence-corrected chi connectivity index (χ0v) is 14.9. The Morgan fingerprint density at radius 1 is 1.20 bits per heavy atom. The number of carbonyl (C=O) groups is 1. The van der Waals surface area contributed by atoms with E-state index in [4.69, 9.17) is 4.74 Å². The summed E-state index contributed by atoms with van der Waals surface area (Å²) in [6, 6.07) is 7.51. The molecule has 0 saturated carbocycles. The van der Waals surface area contributed by atoms with Crippen molar-refractivity contribution >= 4 is 11.8 Å². The maximum Gasteiger partial charge on any atom is 0.409 e. The van der Waals surface area contributed by atoms with Crippen LogP contribution in [0, 0.1) is 5.82 Å². The van der Waals surface area contributed by atoms with Crippen molar-refractivity contribution in [2.24, 2.45) is 0 Å². The summed E-state index contributed by atoms with van der Waals surface area (Å²) in [5.74, 6) is -0.204. The van der Waals surface area contributed by atoms with Crippen LogP contribution < -0.4 is 5.32 Å². The summed E-state index contributed by atoms with van der Waals surface area (Å²) in [5.41, 5.74) is 0.977. The summed E-state index contributed by atoms with van der Waals surface area (Å²) in [5, 5.41) is 3.53. The second-order valence-corrected chi connectivity index (χ2v) is 6.90. The Kier molecular flexibility index (Phi) is 6.13. The highest BCUT2D eigenvalue weighted by atomic mass is 19.1. The maximum absolute atomic E-state index is 13.0. The number of amides is 1. The van der Waals surface area contributed by atoms with Crippen LogP contribution in [0.5, 0.6) is 0 Å². The van der Waals surface area contributed by atoms with Gasteiger partial charge in [-0.1, -0.05) is 0 Å². The molecule has 3 rings (SSSR count). The number of hydrogen-bond donors (Lipinski definition) is 1. The number of rotatable bonds is 4. The standard InChI is InChI=1S/C19H28FN3O2/c1-2-25-19(24)22-12-9-18(10-13-22)23-11-3-4-17(14-23)21-16-7-5-15(20)6-8-16/h5-8,17-18,21H,2-4,9-14H2,1H3/t17-/m0/s1. The van der Waals surface area contributed by atoms with Crippen LogP contribution in [0.4, 0.5) is 14.9 Å². The largest absolute Gasteiger partial charge is 0.450 e. The molecule has 0 aliphatic carbocycles. The molecule has 25 heavy (non-hydrogen) atoms. The lowest BCUT2D eigenvalue weighted by Gasteiger charge is -2.42. The number of nitrogens with one attached hydrogen (secondary N) is 1. The molecule has 2 heterocycles. The first-order valence-electron chi connectivity index (χ1n) is 9.33. The van der Waals surface area contributed by atoms with Crippen molar-refractivity contribution in [3.8, 4) is 0 Å². The fraction of sp³-hybridized carbons (Fsp3) is 0.632. The first-order chi connectivity index (χ1) is 12.2. The van der Waals surface area contributed by atoms with E-state index < -0.39 is 0 Å². The molecule has 138 valence electrons. The van der Waals surface area contributed by atoms with E-state index in [0.29, 0.717) is 18.7 Å². The summed E-state index contributed by atoms with van der Waals surface area (Å²) in [6.07, 6.45) is 4.12. The van der Waals surface area contributed by atoms with Crippen LogP contribution in [0.1, 0.15) is 32.6 Å². The number of halogens is 1. The van der Waals surface area contributed by atoms with E-state index in [2.05, 4.69) is 10.2 Å². The third-order valence-electron chi connectivity index (χ3n) is 5.17. The van der Waals surface area contributed by atoms with Gasteiger partial charge in [-0.25, -0.2) is 9.18 Å². The molecule has 6 heteroatoms. The quantitative estimate of drug-likeness (QED) is 0.906. The van der Waals surface area contributed by atoms with Crippen molar-refractivity contribution in [2.45, 2.75) is 44.7 Å². The fourth-order valence-electron chi connectivity index (χ4n) is 3.87. The van der Waals surface area contributed by atoms with Crippen LogP contribution in [-0.2, 0) is 4.74 Å². The number of ether oxygens (including phenoxy) is 1. The molecule has 2 aliphatic rings. The van der Waals surface area contributed by atoms with Gasteiger partial charge in [0.1, 0.15) is 5.82 Å². The van der Waals surface area contributed by atoms with E-state index in [-0.39, 0.29) is 11.9 Å². The third-order valence-corrected chi connectivity index (χ3v) is 5.17. The van der Waals surface area contributed by atoms with Gasteiger partial charge in [-0.15, -0.1) is 0 Å². The van der Waals surface area contributed by atoms with Gasteiger partial charge in [0.05, 0.1) is 6.61 Å². The minimum Gasteiger partial charge on any atom is -0.450 e. The SMILES string of the molecule is CCOC(=O)N1CCC(N2CCC[C@H](Nc3ccc(F)cc3)C2)CC1. The second-order valence-electron chi connectivity index (χ2n) is 6.90. The van der Waals surface area contributed by atoms with Crippen molar-refractivity contribution in [1.82, 2.24) is 9.80 Å². The Labute approximate surface area is 149 Å². The molecule has 5 nitrogen and oxygen atoms in total. The number of anilines is 1. The van der Waals surface area contributed by atoms with E-state index in [9.17, 15) is 9.18 Å². The minimum atomic E-state index is -0.204. The van der Waals surface area contributed by atoms with Gasteiger partial charge in [0.15, 0.2) is 0 Å². The van der Waals surface area contributed by atoms with E-state index in [0.717, 1.165) is 57.5 Å². The Balaban J connectivity index is 1.48. The highest BCUT2D eigenvalue weighted by Gasteiger charge is 2.30. The molecule has 1 aromatic carbocycles. The zero-order valence-electron chi connectivity index (χ0n) is 14.9. The normalized spacial score (nSPS) is 22.6. The van der Waals surface area contributed by atoms with Crippen molar-refractivity contribution in [1.29, 1.82) is 0 Å². The zero-order chi connectivity index (χ0) is 17.6. The number of likely N-dealkylation sites (tertiary alicyclic amines) is 2. The lowest BCUT2D eigenvalue weighted by Crippen LogP contribution is -2.51. The molecule has 0 aromatic heterocycles. The number of carbonyl (C=O) groups excluding carboxylic acids is 1. The fourth-order valence-corrected chi connectivity index (χ4v) is 3.87. The molecule has 2 saturated heterocycles. The molecule has 2 aliphatic heterocycles. The topological polar surface area (TPSA) is 44.8 Å². The van der Waals surface area contributed by atoms with E-state index in [1.54, 1.807) is 12.1 Å². The van der Waals surface area contributed by atoms with Crippen LogP contribution in [0.15, 0.2) is 24.3 Å². The molecule has 2 fully saturated rings. The summed E-state index contributed by atoms with van der Waals surface area (Å²) < 4.78 is 18.1. The van der Waals surface area contributed by atoms with Crippen LogP contribution in [-0.4, -0.2) is 60.8 Å². The van der Waals surface area contributed by atoms with E-state index in [1.165, 1.54) is 12.1 Å². The first kappa shape index (κ1) is 18.0. The average Bonchev–Trinajstić information content (AvgIpc) is 2.64. The van der Waals surface area contributed by atoms with Crippen molar-refractivity contribution in [2.75, 3.05) is 38.1 Å². The molecule has 1 N–H and O–H groups in total. The molecule has 1 amide bonds. The summed E-state index contributed by atoms with van der Waals surface area (Å²) in [4.78, 5) is 16.2. The lowest BCUT2D eigenvalue weighted by molar-refractivity contribution is 0.0667. The number of hydrogen-bond acceptors (Lipinski definition) is 4. The van der Waals surface area contributed by atoms with Crippen molar-refractivity contribution in [3.05, 3.63) is 30.1 Å². The van der Waals surface area contributed by atoms with Crippen LogP contribution >= 0.6 is 0 Å². The van der Waals surface area contributed by atoms with Crippen LogP contribution in [0.25, 0.3) is 0 Å². The van der Waals surface area contributed by atoms with E-state index >= 15 is 0 Å². The first-order valence-corrected chi connectivity index (χ1v) is 9.33. The van der Waals surface area contributed by atoms with Gasteiger partial charge in [-0.05, 0) is 63.4 Å². The lowest BCUT2D eigenvalue weighted by atomic mass is 9.98. The molecule has 0 unspecified atom stereocenters. The Morgan fingerprint density at radius 2 is 1.92 bits per heavy atom. The third kappa shape index (κ3) is 4.84. The summed E-state index contributed by atoms with van der Waals surface area (Å²) in [7, 11) is 0. The number of piperidine rings is 2. The highest BCUT2D eigenvalue weighted by molar-refractivity contribution is 5.67.